The molecule has 0 aliphatic rings. The zero-order valence-corrected chi connectivity index (χ0v) is 11.6. The van der Waals surface area contributed by atoms with E-state index in [1.165, 1.54) is 0 Å². The molecule has 0 bridgehead atoms. The molecule has 5 heteroatoms. The van der Waals surface area contributed by atoms with Gasteiger partial charge in [0.05, 0.1) is 17.7 Å². The summed E-state index contributed by atoms with van der Waals surface area (Å²) in [6.07, 6.45) is 0. The van der Waals surface area contributed by atoms with Gasteiger partial charge in [-0.25, -0.2) is 4.98 Å². The van der Waals surface area contributed by atoms with Crippen molar-refractivity contribution in [2.75, 3.05) is 6.61 Å². The van der Waals surface area contributed by atoms with Crippen LogP contribution in [0.5, 0.6) is 5.75 Å². The number of hydrogen-bond donors (Lipinski definition) is 2. The SMILES string of the molecule is CCOc1cccc(-c2nc3c(C(N)=O)cccc3[nH]2)c1. The second kappa shape index (κ2) is 5.28. The fourth-order valence-electron chi connectivity index (χ4n) is 2.27. The van der Waals surface area contributed by atoms with Crippen LogP contribution in [0.15, 0.2) is 42.5 Å². The largest absolute Gasteiger partial charge is 0.494 e. The number of benzene rings is 2. The maximum absolute atomic E-state index is 11.4. The maximum Gasteiger partial charge on any atom is 0.250 e. The lowest BCUT2D eigenvalue weighted by molar-refractivity contribution is 0.100. The molecular formula is C16H15N3O2. The number of amides is 1. The minimum absolute atomic E-state index is 0.413. The van der Waals surface area contributed by atoms with E-state index in [0.717, 1.165) is 16.8 Å². The predicted octanol–water partition coefficient (Wildman–Crippen LogP) is 2.73. The quantitative estimate of drug-likeness (QED) is 0.771. The molecule has 1 aromatic heterocycles. The Bertz CT molecular complexity index is 808. The van der Waals surface area contributed by atoms with Gasteiger partial charge < -0.3 is 15.5 Å². The summed E-state index contributed by atoms with van der Waals surface area (Å²) in [5, 5.41) is 0. The van der Waals surface area contributed by atoms with Crippen molar-refractivity contribution in [2.45, 2.75) is 6.92 Å². The van der Waals surface area contributed by atoms with Crippen LogP contribution in [0.4, 0.5) is 0 Å². The van der Waals surface area contributed by atoms with E-state index in [1.807, 2.05) is 37.3 Å². The standard InChI is InChI=1S/C16H15N3O2/c1-2-21-11-6-3-5-10(9-11)16-18-13-8-4-7-12(15(17)20)14(13)19-16/h3-9H,2H2,1H3,(H2,17,20)(H,18,19). The number of nitrogens with two attached hydrogens (primary N) is 1. The van der Waals surface area contributed by atoms with Gasteiger partial charge in [-0.2, -0.15) is 0 Å². The summed E-state index contributed by atoms with van der Waals surface area (Å²) in [6.45, 7) is 2.54. The number of aromatic nitrogens is 2. The highest BCUT2D eigenvalue weighted by Crippen LogP contribution is 2.25. The normalized spacial score (nSPS) is 10.7. The number of para-hydroxylation sites is 1. The van der Waals surface area contributed by atoms with E-state index in [4.69, 9.17) is 10.5 Å². The van der Waals surface area contributed by atoms with E-state index in [9.17, 15) is 4.79 Å². The van der Waals surface area contributed by atoms with Crippen LogP contribution >= 0.6 is 0 Å². The minimum atomic E-state index is -0.485. The van der Waals surface area contributed by atoms with E-state index >= 15 is 0 Å². The third-order valence-corrected chi connectivity index (χ3v) is 3.20. The van der Waals surface area contributed by atoms with Gasteiger partial charge in [0.25, 0.3) is 5.91 Å². The molecule has 3 N–H and O–H groups in total. The fourth-order valence-corrected chi connectivity index (χ4v) is 2.27. The number of hydrogen-bond acceptors (Lipinski definition) is 3. The first-order valence-electron chi connectivity index (χ1n) is 6.71. The number of fused-ring (bicyclic) bond motifs is 1. The second-order valence-electron chi connectivity index (χ2n) is 4.61. The Hall–Kier alpha value is -2.82. The predicted molar refractivity (Wildman–Crippen MR) is 81.2 cm³/mol. The van der Waals surface area contributed by atoms with Crippen LogP contribution in [0.3, 0.4) is 0 Å². The van der Waals surface area contributed by atoms with Gasteiger partial charge in [-0.05, 0) is 31.2 Å². The average Bonchev–Trinajstić information content (AvgIpc) is 2.91. The number of rotatable bonds is 4. The molecule has 3 rings (SSSR count). The highest BCUT2D eigenvalue weighted by atomic mass is 16.5. The molecule has 0 aliphatic carbocycles. The Morgan fingerprint density at radius 2 is 2.10 bits per heavy atom. The molecule has 0 atom stereocenters. The highest BCUT2D eigenvalue weighted by Gasteiger charge is 2.12. The van der Waals surface area contributed by atoms with E-state index in [-0.39, 0.29) is 0 Å². The number of nitrogens with one attached hydrogen (secondary N) is 1. The Kier molecular flexibility index (Phi) is 3.31. The maximum atomic E-state index is 11.4. The van der Waals surface area contributed by atoms with Gasteiger partial charge in [-0.3, -0.25) is 4.79 Å². The monoisotopic (exact) mass is 281 g/mol. The van der Waals surface area contributed by atoms with Gasteiger partial charge in [0.1, 0.15) is 17.1 Å². The van der Waals surface area contributed by atoms with Crippen molar-refractivity contribution in [1.29, 1.82) is 0 Å². The molecule has 1 heterocycles. The number of carbonyl (C=O) groups excluding carboxylic acids is 1. The third-order valence-electron chi connectivity index (χ3n) is 3.20. The lowest BCUT2D eigenvalue weighted by atomic mass is 10.2. The number of ether oxygens (including phenoxy) is 1. The van der Waals surface area contributed by atoms with Crippen LogP contribution in [0.25, 0.3) is 22.4 Å². The Balaban J connectivity index is 2.11. The van der Waals surface area contributed by atoms with Crippen molar-refractivity contribution < 1.29 is 9.53 Å². The summed E-state index contributed by atoms with van der Waals surface area (Å²) < 4.78 is 5.49. The Morgan fingerprint density at radius 3 is 2.86 bits per heavy atom. The molecule has 2 aromatic carbocycles. The molecule has 0 aliphatic heterocycles. The lowest BCUT2D eigenvalue weighted by Gasteiger charge is -2.03. The smallest absolute Gasteiger partial charge is 0.250 e. The number of imidazole rings is 1. The summed E-state index contributed by atoms with van der Waals surface area (Å²) in [6, 6.07) is 13.0. The third kappa shape index (κ3) is 2.45. The molecule has 0 spiro atoms. The molecule has 106 valence electrons. The molecule has 1 amide bonds. The summed E-state index contributed by atoms with van der Waals surface area (Å²) in [5.74, 6) is 0.979. The van der Waals surface area contributed by atoms with Crippen LogP contribution in [0.2, 0.25) is 0 Å². The van der Waals surface area contributed by atoms with Crippen molar-refractivity contribution in [3.8, 4) is 17.1 Å². The van der Waals surface area contributed by atoms with Gasteiger partial charge in [0.2, 0.25) is 0 Å². The number of H-pyrrole nitrogens is 1. The van der Waals surface area contributed by atoms with E-state index < -0.39 is 5.91 Å². The number of carbonyl (C=O) groups is 1. The van der Waals surface area contributed by atoms with Crippen molar-refractivity contribution in [2.24, 2.45) is 5.73 Å². The van der Waals surface area contributed by atoms with Gasteiger partial charge in [-0.1, -0.05) is 18.2 Å². The molecule has 3 aromatic rings. The van der Waals surface area contributed by atoms with Gasteiger partial charge >= 0.3 is 0 Å². The van der Waals surface area contributed by atoms with Crippen molar-refractivity contribution >= 4 is 16.9 Å². The average molecular weight is 281 g/mol. The van der Waals surface area contributed by atoms with Gasteiger partial charge in [0, 0.05) is 5.56 Å². The van der Waals surface area contributed by atoms with Crippen LogP contribution in [0.1, 0.15) is 17.3 Å². The molecule has 21 heavy (non-hydrogen) atoms. The summed E-state index contributed by atoms with van der Waals surface area (Å²) >= 11 is 0. The van der Waals surface area contributed by atoms with Crippen molar-refractivity contribution in [3.05, 3.63) is 48.0 Å². The molecule has 0 saturated heterocycles. The van der Waals surface area contributed by atoms with Crippen LogP contribution < -0.4 is 10.5 Å². The van der Waals surface area contributed by atoms with Crippen LogP contribution in [-0.4, -0.2) is 22.5 Å². The van der Waals surface area contributed by atoms with Gasteiger partial charge in [-0.15, -0.1) is 0 Å². The first kappa shape index (κ1) is 13.2. The minimum Gasteiger partial charge on any atom is -0.494 e. The van der Waals surface area contributed by atoms with Crippen LogP contribution in [0, 0.1) is 0 Å². The molecule has 0 unspecified atom stereocenters. The fraction of sp³-hybridized carbons (Fsp3) is 0.125. The van der Waals surface area contributed by atoms with Crippen molar-refractivity contribution in [1.82, 2.24) is 9.97 Å². The summed E-state index contributed by atoms with van der Waals surface area (Å²) in [5.41, 5.74) is 8.05. The number of nitrogens with zero attached hydrogens (tertiary/aromatic N) is 1. The van der Waals surface area contributed by atoms with Crippen molar-refractivity contribution in [3.63, 3.8) is 0 Å². The summed E-state index contributed by atoms with van der Waals surface area (Å²) in [7, 11) is 0. The lowest BCUT2D eigenvalue weighted by Crippen LogP contribution is -2.11. The second-order valence-corrected chi connectivity index (χ2v) is 4.61. The van der Waals surface area contributed by atoms with E-state index in [0.29, 0.717) is 23.5 Å². The highest BCUT2D eigenvalue weighted by molar-refractivity contribution is 6.04. The zero-order valence-electron chi connectivity index (χ0n) is 11.6. The first-order chi connectivity index (χ1) is 10.2. The Morgan fingerprint density at radius 1 is 1.29 bits per heavy atom. The molecule has 5 nitrogen and oxygen atoms in total. The van der Waals surface area contributed by atoms with E-state index in [1.54, 1.807) is 12.1 Å². The zero-order chi connectivity index (χ0) is 14.8. The molecule has 0 saturated carbocycles. The summed E-state index contributed by atoms with van der Waals surface area (Å²) in [4.78, 5) is 19.1. The number of primary amides is 1. The topological polar surface area (TPSA) is 81.0 Å². The number of aromatic amines is 1. The first-order valence-corrected chi connectivity index (χ1v) is 6.71. The molecular weight excluding hydrogens is 266 g/mol. The van der Waals surface area contributed by atoms with E-state index in [2.05, 4.69) is 9.97 Å². The molecule has 0 radical (unpaired) electrons. The molecule has 0 fully saturated rings. The Labute approximate surface area is 121 Å². The van der Waals surface area contributed by atoms with Crippen LogP contribution in [-0.2, 0) is 0 Å². The van der Waals surface area contributed by atoms with Gasteiger partial charge in [0.15, 0.2) is 0 Å².